The first-order valence-corrected chi connectivity index (χ1v) is 3.69. The Balaban J connectivity index is 2.43. The first-order valence-electron chi connectivity index (χ1n) is 3.69. The van der Waals surface area contributed by atoms with Crippen molar-refractivity contribution in [3.8, 4) is 11.8 Å². The molecule has 0 spiro atoms. The van der Waals surface area contributed by atoms with E-state index in [1.165, 1.54) is 6.42 Å². The van der Waals surface area contributed by atoms with E-state index in [4.69, 9.17) is 0 Å². The van der Waals surface area contributed by atoms with Gasteiger partial charge in [0.1, 0.15) is 0 Å². The summed E-state index contributed by atoms with van der Waals surface area (Å²) in [7, 11) is 0. The molecule has 0 heteroatoms. The van der Waals surface area contributed by atoms with Gasteiger partial charge in [0.15, 0.2) is 0 Å². The lowest BCUT2D eigenvalue weighted by atomic mass is 10.0. The van der Waals surface area contributed by atoms with E-state index < -0.39 is 0 Å². The van der Waals surface area contributed by atoms with E-state index in [9.17, 15) is 0 Å². The second kappa shape index (κ2) is 3.95. The molecular weight excluding hydrogens is 120 g/mol. The standard InChI is InChI=1S/C10H12/c1-2-7-10-8-5-3-4-6-9-10/h2,5,8,10H,1,6-7,9H2. The van der Waals surface area contributed by atoms with Gasteiger partial charge < -0.3 is 0 Å². The average molecular weight is 132 g/mol. The Labute approximate surface area is 62.6 Å². The lowest BCUT2D eigenvalue weighted by Gasteiger charge is -2.04. The van der Waals surface area contributed by atoms with Crippen LogP contribution in [0.4, 0.5) is 0 Å². The summed E-state index contributed by atoms with van der Waals surface area (Å²) < 4.78 is 0. The molecule has 0 fully saturated rings. The van der Waals surface area contributed by atoms with Crippen LogP contribution in [0.5, 0.6) is 0 Å². The zero-order valence-electron chi connectivity index (χ0n) is 6.14. The summed E-state index contributed by atoms with van der Waals surface area (Å²) >= 11 is 0. The van der Waals surface area contributed by atoms with Crippen molar-refractivity contribution in [1.82, 2.24) is 0 Å². The quantitative estimate of drug-likeness (QED) is 0.400. The third-order valence-electron chi connectivity index (χ3n) is 1.66. The number of rotatable bonds is 2. The fourth-order valence-electron chi connectivity index (χ4n) is 1.08. The molecule has 0 saturated carbocycles. The van der Waals surface area contributed by atoms with Crippen molar-refractivity contribution < 1.29 is 0 Å². The molecule has 0 radical (unpaired) electrons. The van der Waals surface area contributed by atoms with Crippen LogP contribution in [0.15, 0.2) is 24.8 Å². The summed E-state index contributed by atoms with van der Waals surface area (Å²) in [4.78, 5) is 0. The van der Waals surface area contributed by atoms with Crippen LogP contribution >= 0.6 is 0 Å². The largest absolute Gasteiger partial charge is 0.103 e. The van der Waals surface area contributed by atoms with Crippen molar-refractivity contribution in [2.45, 2.75) is 19.3 Å². The van der Waals surface area contributed by atoms with E-state index in [-0.39, 0.29) is 0 Å². The number of hydrogen-bond donors (Lipinski definition) is 0. The maximum Gasteiger partial charge on any atom is 0.00979 e. The van der Waals surface area contributed by atoms with Crippen molar-refractivity contribution in [1.29, 1.82) is 0 Å². The molecule has 0 amide bonds. The fourth-order valence-corrected chi connectivity index (χ4v) is 1.08. The highest BCUT2D eigenvalue weighted by molar-refractivity contribution is 5.18. The summed E-state index contributed by atoms with van der Waals surface area (Å²) in [6, 6.07) is 0. The molecule has 0 aromatic rings. The van der Waals surface area contributed by atoms with Crippen LogP contribution in [0, 0.1) is 17.8 Å². The van der Waals surface area contributed by atoms with Gasteiger partial charge in [-0.15, -0.1) is 6.58 Å². The van der Waals surface area contributed by atoms with Gasteiger partial charge in [0.25, 0.3) is 0 Å². The van der Waals surface area contributed by atoms with Gasteiger partial charge in [-0.1, -0.05) is 24.0 Å². The Hall–Kier alpha value is -0.960. The average Bonchev–Trinajstić information content (AvgIpc) is 2.17. The number of allylic oxidation sites excluding steroid dienone is 3. The van der Waals surface area contributed by atoms with Crippen LogP contribution in [0.1, 0.15) is 19.3 Å². The highest BCUT2D eigenvalue weighted by Crippen LogP contribution is 2.14. The molecule has 10 heavy (non-hydrogen) atoms. The highest BCUT2D eigenvalue weighted by Gasteiger charge is 2.01. The zero-order valence-corrected chi connectivity index (χ0v) is 6.14. The van der Waals surface area contributed by atoms with Gasteiger partial charge >= 0.3 is 0 Å². The Kier molecular flexibility index (Phi) is 2.83. The second-order valence-corrected chi connectivity index (χ2v) is 2.50. The van der Waals surface area contributed by atoms with Crippen molar-refractivity contribution >= 4 is 0 Å². The van der Waals surface area contributed by atoms with Crippen molar-refractivity contribution in [3.05, 3.63) is 24.8 Å². The topological polar surface area (TPSA) is 0 Å². The molecule has 0 N–H and O–H groups in total. The molecular formula is C10H12. The number of hydrogen-bond acceptors (Lipinski definition) is 0. The monoisotopic (exact) mass is 132 g/mol. The molecule has 1 unspecified atom stereocenters. The third kappa shape index (κ3) is 2.11. The van der Waals surface area contributed by atoms with Gasteiger partial charge in [-0.3, -0.25) is 0 Å². The van der Waals surface area contributed by atoms with Crippen LogP contribution in [0.2, 0.25) is 0 Å². The van der Waals surface area contributed by atoms with E-state index >= 15 is 0 Å². The van der Waals surface area contributed by atoms with Gasteiger partial charge in [-0.25, -0.2) is 0 Å². The van der Waals surface area contributed by atoms with Gasteiger partial charge in [0.05, 0.1) is 0 Å². The second-order valence-electron chi connectivity index (χ2n) is 2.50. The molecule has 0 nitrogen and oxygen atoms in total. The third-order valence-corrected chi connectivity index (χ3v) is 1.66. The molecule has 0 saturated heterocycles. The van der Waals surface area contributed by atoms with E-state index in [1.54, 1.807) is 0 Å². The van der Waals surface area contributed by atoms with Crippen LogP contribution in [-0.2, 0) is 0 Å². The van der Waals surface area contributed by atoms with Gasteiger partial charge in [0.2, 0.25) is 0 Å². The smallest absolute Gasteiger partial charge is 0.00979 e. The first-order chi connectivity index (χ1) is 4.93. The Morgan fingerprint density at radius 1 is 1.70 bits per heavy atom. The summed E-state index contributed by atoms with van der Waals surface area (Å²) in [6.07, 6.45) is 9.42. The molecule has 1 aliphatic rings. The Morgan fingerprint density at radius 2 is 2.60 bits per heavy atom. The van der Waals surface area contributed by atoms with Gasteiger partial charge in [0, 0.05) is 6.42 Å². The molecule has 0 heterocycles. The van der Waals surface area contributed by atoms with Crippen molar-refractivity contribution in [2.24, 2.45) is 5.92 Å². The van der Waals surface area contributed by atoms with Gasteiger partial charge in [-0.05, 0) is 24.8 Å². The maximum absolute atomic E-state index is 3.71. The summed E-state index contributed by atoms with van der Waals surface area (Å²) in [6.45, 7) is 3.71. The minimum atomic E-state index is 0.667. The lowest BCUT2D eigenvalue weighted by molar-refractivity contribution is 0.615. The SMILES string of the molecule is C=CCC1C=CC#CCC1. The molecule has 0 bridgehead atoms. The van der Waals surface area contributed by atoms with E-state index in [0.29, 0.717) is 5.92 Å². The van der Waals surface area contributed by atoms with Gasteiger partial charge in [-0.2, -0.15) is 0 Å². The summed E-state index contributed by atoms with van der Waals surface area (Å²) in [5.74, 6) is 6.70. The molecule has 0 aromatic heterocycles. The lowest BCUT2D eigenvalue weighted by Crippen LogP contribution is -1.92. The predicted octanol–water partition coefficient (Wildman–Crippen LogP) is 2.53. The Bertz CT molecular complexity index is 188. The molecule has 0 aromatic carbocycles. The van der Waals surface area contributed by atoms with E-state index in [2.05, 4.69) is 24.5 Å². The predicted molar refractivity (Wildman–Crippen MR) is 44.5 cm³/mol. The molecule has 1 aliphatic carbocycles. The normalized spacial score (nSPS) is 22.6. The van der Waals surface area contributed by atoms with Crippen LogP contribution in [0.3, 0.4) is 0 Å². The minimum absolute atomic E-state index is 0.667. The maximum atomic E-state index is 3.71. The van der Waals surface area contributed by atoms with E-state index in [1.807, 2.05) is 12.2 Å². The van der Waals surface area contributed by atoms with E-state index in [0.717, 1.165) is 12.8 Å². The molecule has 52 valence electrons. The first kappa shape index (κ1) is 7.15. The highest BCUT2D eigenvalue weighted by atomic mass is 14.1. The van der Waals surface area contributed by atoms with Crippen molar-refractivity contribution in [2.75, 3.05) is 0 Å². The summed E-state index contributed by atoms with van der Waals surface area (Å²) in [5, 5.41) is 0. The fraction of sp³-hybridized carbons (Fsp3) is 0.400. The van der Waals surface area contributed by atoms with Crippen molar-refractivity contribution in [3.63, 3.8) is 0 Å². The zero-order chi connectivity index (χ0) is 7.23. The summed E-state index contributed by atoms with van der Waals surface area (Å²) in [5.41, 5.74) is 0. The molecule has 0 aliphatic heterocycles. The molecule has 1 rings (SSSR count). The van der Waals surface area contributed by atoms with Crippen LogP contribution in [0.25, 0.3) is 0 Å². The molecule has 1 atom stereocenters. The minimum Gasteiger partial charge on any atom is -0.103 e. The van der Waals surface area contributed by atoms with Crippen LogP contribution in [-0.4, -0.2) is 0 Å². The van der Waals surface area contributed by atoms with Crippen LogP contribution < -0.4 is 0 Å². The Morgan fingerprint density at radius 3 is 3.40 bits per heavy atom.